The summed E-state index contributed by atoms with van der Waals surface area (Å²) in [6.07, 6.45) is 4.88. The van der Waals surface area contributed by atoms with Gasteiger partial charge in [0.15, 0.2) is 0 Å². The van der Waals surface area contributed by atoms with Crippen molar-refractivity contribution >= 4 is 16.8 Å². The van der Waals surface area contributed by atoms with Gasteiger partial charge in [-0.15, -0.1) is 0 Å². The SMILES string of the molecule is CC(C)Cn1cc2c3c(cccc31)CN(C(=O)[C@@H]1CCCO1)CC2. The Kier molecular flexibility index (Phi) is 4.09. The number of carbonyl (C=O) groups is 1. The van der Waals surface area contributed by atoms with Crippen LogP contribution in [0.5, 0.6) is 0 Å². The normalized spacial score (nSPS) is 20.8. The van der Waals surface area contributed by atoms with Crippen LogP contribution in [-0.4, -0.2) is 34.6 Å². The van der Waals surface area contributed by atoms with E-state index in [1.165, 1.54) is 22.0 Å². The Morgan fingerprint density at radius 2 is 2.21 bits per heavy atom. The van der Waals surface area contributed by atoms with Gasteiger partial charge in [0.2, 0.25) is 0 Å². The third-order valence-electron chi connectivity index (χ3n) is 5.16. The van der Waals surface area contributed by atoms with Crippen molar-refractivity contribution in [2.24, 2.45) is 5.92 Å². The van der Waals surface area contributed by atoms with Crippen LogP contribution in [0.4, 0.5) is 0 Å². The van der Waals surface area contributed by atoms with Crippen molar-refractivity contribution in [3.05, 3.63) is 35.5 Å². The molecule has 0 spiro atoms. The van der Waals surface area contributed by atoms with Gasteiger partial charge in [-0.1, -0.05) is 26.0 Å². The van der Waals surface area contributed by atoms with Crippen LogP contribution in [0.25, 0.3) is 10.9 Å². The lowest BCUT2D eigenvalue weighted by Gasteiger charge is -2.24. The van der Waals surface area contributed by atoms with Gasteiger partial charge in [0.25, 0.3) is 5.91 Å². The average molecular weight is 326 g/mol. The van der Waals surface area contributed by atoms with Gasteiger partial charge in [-0.25, -0.2) is 0 Å². The molecule has 2 aliphatic heterocycles. The predicted octanol–water partition coefficient (Wildman–Crippen LogP) is 3.36. The van der Waals surface area contributed by atoms with Crippen LogP contribution in [-0.2, 0) is 29.0 Å². The largest absolute Gasteiger partial charge is 0.368 e. The first-order chi connectivity index (χ1) is 11.6. The minimum Gasteiger partial charge on any atom is -0.368 e. The molecule has 1 atom stereocenters. The van der Waals surface area contributed by atoms with E-state index in [-0.39, 0.29) is 12.0 Å². The maximum atomic E-state index is 12.8. The van der Waals surface area contributed by atoms with E-state index in [1.54, 1.807) is 0 Å². The maximum Gasteiger partial charge on any atom is 0.252 e. The van der Waals surface area contributed by atoms with Gasteiger partial charge in [0.1, 0.15) is 6.10 Å². The maximum absolute atomic E-state index is 12.8. The molecule has 24 heavy (non-hydrogen) atoms. The molecule has 1 amide bonds. The number of hydrogen-bond acceptors (Lipinski definition) is 2. The summed E-state index contributed by atoms with van der Waals surface area (Å²) in [5.41, 5.74) is 3.96. The van der Waals surface area contributed by atoms with Crippen LogP contribution >= 0.6 is 0 Å². The van der Waals surface area contributed by atoms with Crippen LogP contribution < -0.4 is 0 Å². The van der Waals surface area contributed by atoms with E-state index in [1.807, 2.05) is 4.90 Å². The topological polar surface area (TPSA) is 34.5 Å². The molecule has 0 unspecified atom stereocenters. The van der Waals surface area contributed by atoms with Gasteiger partial charge in [-0.2, -0.15) is 0 Å². The first kappa shape index (κ1) is 15.7. The summed E-state index contributed by atoms with van der Waals surface area (Å²) >= 11 is 0. The van der Waals surface area contributed by atoms with Gasteiger partial charge in [-0.05, 0) is 42.4 Å². The van der Waals surface area contributed by atoms with Gasteiger partial charge in [0, 0.05) is 43.3 Å². The van der Waals surface area contributed by atoms with Gasteiger partial charge >= 0.3 is 0 Å². The second-order valence-corrected chi connectivity index (χ2v) is 7.52. The van der Waals surface area contributed by atoms with Crippen molar-refractivity contribution < 1.29 is 9.53 Å². The molecule has 128 valence electrons. The van der Waals surface area contributed by atoms with Crippen molar-refractivity contribution in [2.45, 2.75) is 52.3 Å². The molecule has 1 aromatic carbocycles. The highest BCUT2D eigenvalue weighted by atomic mass is 16.5. The summed E-state index contributed by atoms with van der Waals surface area (Å²) in [5.74, 6) is 0.794. The highest BCUT2D eigenvalue weighted by molar-refractivity contribution is 5.89. The monoisotopic (exact) mass is 326 g/mol. The average Bonchev–Trinajstić information content (AvgIpc) is 3.15. The summed E-state index contributed by atoms with van der Waals surface area (Å²) in [5, 5.41) is 1.36. The fraction of sp³-hybridized carbons (Fsp3) is 0.550. The third kappa shape index (κ3) is 2.73. The van der Waals surface area contributed by atoms with Gasteiger partial charge in [0.05, 0.1) is 0 Å². The zero-order valence-electron chi connectivity index (χ0n) is 14.6. The molecule has 0 radical (unpaired) electrons. The number of hydrogen-bond donors (Lipinski definition) is 0. The predicted molar refractivity (Wildman–Crippen MR) is 94.9 cm³/mol. The lowest BCUT2D eigenvalue weighted by atomic mass is 10.1. The van der Waals surface area contributed by atoms with E-state index in [0.717, 1.165) is 39.0 Å². The van der Waals surface area contributed by atoms with Crippen LogP contribution in [0.3, 0.4) is 0 Å². The molecule has 1 saturated heterocycles. The molecule has 1 aromatic heterocycles. The number of rotatable bonds is 3. The molecule has 3 heterocycles. The fourth-order valence-corrected chi connectivity index (χ4v) is 4.09. The molecule has 2 aliphatic rings. The molecule has 0 saturated carbocycles. The minimum absolute atomic E-state index is 0.171. The summed E-state index contributed by atoms with van der Waals surface area (Å²) < 4.78 is 7.99. The van der Waals surface area contributed by atoms with Crippen LogP contribution in [0.1, 0.15) is 37.8 Å². The van der Waals surface area contributed by atoms with E-state index < -0.39 is 0 Å². The Morgan fingerprint density at radius 1 is 1.33 bits per heavy atom. The molecule has 4 nitrogen and oxygen atoms in total. The van der Waals surface area contributed by atoms with Gasteiger partial charge in [-0.3, -0.25) is 4.79 Å². The number of carbonyl (C=O) groups excluding carboxylic acids is 1. The first-order valence-corrected chi connectivity index (χ1v) is 9.13. The quantitative estimate of drug-likeness (QED) is 0.867. The Bertz CT molecular complexity index is 756. The van der Waals surface area contributed by atoms with Crippen molar-refractivity contribution in [2.75, 3.05) is 13.2 Å². The van der Waals surface area contributed by atoms with Crippen molar-refractivity contribution in [1.29, 1.82) is 0 Å². The standard InChI is InChI=1S/C20H26N2O2/c1-14(2)11-22-13-16-8-9-21(20(23)18-7-4-10-24-18)12-15-5-3-6-17(22)19(15)16/h3,5-6,13-14,18H,4,7-12H2,1-2H3/t18-/m0/s1. The molecule has 0 bridgehead atoms. The molecule has 4 heteroatoms. The summed E-state index contributed by atoms with van der Waals surface area (Å²) in [4.78, 5) is 14.8. The molecule has 0 aliphatic carbocycles. The zero-order chi connectivity index (χ0) is 16.7. The van der Waals surface area contributed by atoms with Crippen molar-refractivity contribution in [3.8, 4) is 0 Å². The van der Waals surface area contributed by atoms with Crippen molar-refractivity contribution in [3.63, 3.8) is 0 Å². The number of nitrogens with zero attached hydrogens (tertiary/aromatic N) is 2. The number of aromatic nitrogens is 1. The summed E-state index contributed by atoms with van der Waals surface area (Å²) in [7, 11) is 0. The lowest BCUT2D eigenvalue weighted by Crippen LogP contribution is -2.39. The van der Waals surface area contributed by atoms with Crippen LogP contribution in [0, 0.1) is 5.92 Å². The highest BCUT2D eigenvalue weighted by Crippen LogP contribution is 2.30. The van der Waals surface area contributed by atoms with E-state index in [2.05, 4.69) is 42.8 Å². The second kappa shape index (κ2) is 6.25. The molecular formula is C20H26N2O2. The smallest absolute Gasteiger partial charge is 0.252 e. The minimum atomic E-state index is -0.220. The Morgan fingerprint density at radius 3 is 2.96 bits per heavy atom. The molecule has 1 fully saturated rings. The van der Waals surface area contributed by atoms with Crippen LogP contribution in [0.15, 0.2) is 24.4 Å². The van der Waals surface area contributed by atoms with Crippen LogP contribution in [0.2, 0.25) is 0 Å². The molecular weight excluding hydrogens is 300 g/mol. The number of amides is 1. The number of benzene rings is 1. The summed E-state index contributed by atoms with van der Waals surface area (Å²) in [6.45, 7) is 7.76. The third-order valence-corrected chi connectivity index (χ3v) is 5.16. The van der Waals surface area contributed by atoms with E-state index >= 15 is 0 Å². The highest BCUT2D eigenvalue weighted by Gasteiger charge is 2.30. The molecule has 0 N–H and O–H groups in total. The van der Waals surface area contributed by atoms with E-state index in [4.69, 9.17) is 4.74 Å². The van der Waals surface area contributed by atoms with E-state index in [9.17, 15) is 4.79 Å². The second-order valence-electron chi connectivity index (χ2n) is 7.52. The first-order valence-electron chi connectivity index (χ1n) is 9.13. The van der Waals surface area contributed by atoms with Gasteiger partial charge < -0.3 is 14.2 Å². The molecule has 4 rings (SSSR count). The van der Waals surface area contributed by atoms with E-state index in [0.29, 0.717) is 12.5 Å². The zero-order valence-corrected chi connectivity index (χ0v) is 14.6. The summed E-state index contributed by atoms with van der Waals surface area (Å²) in [6, 6.07) is 6.51. The Hall–Kier alpha value is -1.81. The van der Waals surface area contributed by atoms with Crippen molar-refractivity contribution in [1.82, 2.24) is 9.47 Å². The molecule has 2 aromatic rings. The number of ether oxygens (including phenoxy) is 1. The Balaban J connectivity index is 1.66. The fourth-order valence-electron chi connectivity index (χ4n) is 4.09. The Labute approximate surface area is 143 Å². The lowest BCUT2D eigenvalue weighted by molar-refractivity contribution is -0.141.